The van der Waals surface area contributed by atoms with Crippen molar-refractivity contribution in [2.45, 2.75) is 6.73 Å². The van der Waals surface area contributed by atoms with Gasteiger partial charge in [0.1, 0.15) is 10.6 Å². The molecule has 0 bridgehead atoms. The molecule has 0 saturated carbocycles. The van der Waals surface area contributed by atoms with Crippen LogP contribution >= 0.6 is 34.5 Å². The number of thiophene rings is 1. The zero-order valence-corrected chi connectivity index (χ0v) is 16.2. The molecule has 2 aromatic heterocycles. The molecule has 0 aliphatic heterocycles. The number of nitrogens with one attached hydrogen (secondary N) is 1. The average Bonchev–Trinajstić information content (AvgIpc) is 3.25. The van der Waals surface area contributed by atoms with E-state index in [-0.39, 0.29) is 12.6 Å². The highest BCUT2D eigenvalue weighted by atomic mass is 35.5. The van der Waals surface area contributed by atoms with E-state index >= 15 is 0 Å². The first kappa shape index (κ1) is 17.9. The minimum atomic E-state index is -0.267. The standard InChI is InChI=1S/C19H13Cl2N3O2S/c20-12-4-3-5-14(8-12)26-11-24-10-13(9-22-24)23-19(25)18-17(21)15-6-1-2-7-16(15)27-18/h1-10H,11H2,(H,23,25). The number of amides is 1. The second-order valence-electron chi connectivity index (χ2n) is 5.69. The Kier molecular flexibility index (Phi) is 5.03. The predicted molar refractivity (Wildman–Crippen MR) is 109 cm³/mol. The van der Waals surface area contributed by atoms with Gasteiger partial charge in [-0.25, -0.2) is 4.68 Å². The zero-order valence-electron chi connectivity index (χ0n) is 13.9. The Labute approximate surface area is 169 Å². The van der Waals surface area contributed by atoms with Crippen LogP contribution in [0.4, 0.5) is 5.69 Å². The molecule has 0 spiro atoms. The Morgan fingerprint density at radius 2 is 2.04 bits per heavy atom. The molecule has 27 heavy (non-hydrogen) atoms. The fourth-order valence-electron chi connectivity index (χ4n) is 2.54. The van der Waals surface area contributed by atoms with Gasteiger partial charge < -0.3 is 10.1 Å². The summed E-state index contributed by atoms with van der Waals surface area (Å²) < 4.78 is 8.16. The van der Waals surface area contributed by atoms with Crippen LogP contribution in [0.3, 0.4) is 0 Å². The average molecular weight is 418 g/mol. The minimum absolute atomic E-state index is 0.194. The molecule has 0 unspecified atom stereocenters. The third-order valence-corrected chi connectivity index (χ3v) is 5.70. The van der Waals surface area contributed by atoms with E-state index < -0.39 is 0 Å². The Balaban J connectivity index is 1.44. The summed E-state index contributed by atoms with van der Waals surface area (Å²) >= 11 is 13.6. The number of hydrogen-bond donors (Lipinski definition) is 1. The molecule has 136 valence electrons. The van der Waals surface area contributed by atoms with Crippen LogP contribution in [0, 0.1) is 0 Å². The lowest BCUT2D eigenvalue weighted by Crippen LogP contribution is -2.10. The molecule has 0 atom stereocenters. The van der Waals surface area contributed by atoms with Crippen molar-refractivity contribution in [3.63, 3.8) is 0 Å². The van der Waals surface area contributed by atoms with E-state index in [0.29, 0.717) is 26.4 Å². The van der Waals surface area contributed by atoms with E-state index in [1.54, 1.807) is 35.3 Å². The number of nitrogens with zero attached hydrogens (tertiary/aromatic N) is 2. The number of benzene rings is 2. The number of ether oxygens (including phenoxy) is 1. The fourth-order valence-corrected chi connectivity index (χ4v) is 4.14. The maximum absolute atomic E-state index is 12.6. The van der Waals surface area contributed by atoms with Gasteiger partial charge in [0.25, 0.3) is 5.91 Å². The third-order valence-electron chi connectivity index (χ3n) is 3.79. The van der Waals surface area contributed by atoms with Gasteiger partial charge in [0.2, 0.25) is 0 Å². The van der Waals surface area contributed by atoms with Crippen molar-refractivity contribution in [3.8, 4) is 5.75 Å². The van der Waals surface area contributed by atoms with Crippen LogP contribution in [-0.2, 0) is 6.73 Å². The molecule has 0 radical (unpaired) electrons. The van der Waals surface area contributed by atoms with Crippen LogP contribution in [0.1, 0.15) is 9.67 Å². The number of anilines is 1. The van der Waals surface area contributed by atoms with Gasteiger partial charge >= 0.3 is 0 Å². The van der Waals surface area contributed by atoms with E-state index in [0.717, 1.165) is 10.1 Å². The van der Waals surface area contributed by atoms with E-state index in [1.165, 1.54) is 11.3 Å². The zero-order chi connectivity index (χ0) is 18.8. The van der Waals surface area contributed by atoms with Gasteiger partial charge in [0.15, 0.2) is 6.73 Å². The fraction of sp³-hybridized carbons (Fsp3) is 0.0526. The molecule has 0 aliphatic rings. The summed E-state index contributed by atoms with van der Waals surface area (Å²) in [7, 11) is 0. The Morgan fingerprint density at radius 3 is 2.85 bits per heavy atom. The second kappa shape index (κ2) is 7.60. The van der Waals surface area contributed by atoms with Gasteiger partial charge in [-0.05, 0) is 24.3 Å². The molecule has 0 saturated heterocycles. The van der Waals surface area contributed by atoms with Crippen molar-refractivity contribution in [3.05, 3.63) is 75.8 Å². The summed E-state index contributed by atoms with van der Waals surface area (Å²) in [4.78, 5) is 13.0. The maximum atomic E-state index is 12.6. The summed E-state index contributed by atoms with van der Waals surface area (Å²) in [6.45, 7) is 0.194. The molecular formula is C19H13Cl2N3O2S. The molecule has 0 aliphatic carbocycles. The first-order valence-corrected chi connectivity index (χ1v) is 9.56. The number of hydrogen-bond acceptors (Lipinski definition) is 4. The molecule has 4 rings (SSSR count). The molecular weight excluding hydrogens is 405 g/mol. The number of carbonyl (C=O) groups excluding carboxylic acids is 1. The molecule has 2 aromatic carbocycles. The number of rotatable bonds is 5. The SMILES string of the molecule is O=C(Nc1cnn(COc2cccc(Cl)c2)c1)c1sc2ccccc2c1Cl. The predicted octanol–water partition coefficient (Wildman–Crippen LogP) is 5.69. The van der Waals surface area contributed by atoms with Crippen molar-refractivity contribution in [1.82, 2.24) is 9.78 Å². The first-order valence-electron chi connectivity index (χ1n) is 7.99. The molecule has 0 fully saturated rings. The van der Waals surface area contributed by atoms with Crippen molar-refractivity contribution >= 4 is 56.2 Å². The van der Waals surface area contributed by atoms with Crippen LogP contribution in [0.5, 0.6) is 5.75 Å². The van der Waals surface area contributed by atoms with Crippen LogP contribution in [0.15, 0.2) is 60.9 Å². The van der Waals surface area contributed by atoms with Crippen LogP contribution in [-0.4, -0.2) is 15.7 Å². The highest BCUT2D eigenvalue weighted by molar-refractivity contribution is 7.21. The van der Waals surface area contributed by atoms with Crippen LogP contribution in [0.25, 0.3) is 10.1 Å². The smallest absolute Gasteiger partial charge is 0.267 e. The molecule has 8 heteroatoms. The van der Waals surface area contributed by atoms with E-state index in [4.69, 9.17) is 27.9 Å². The van der Waals surface area contributed by atoms with E-state index in [1.807, 2.05) is 30.3 Å². The first-order chi connectivity index (χ1) is 13.1. The molecule has 4 aromatic rings. The Hall–Kier alpha value is -2.54. The summed E-state index contributed by atoms with van der Waals surface area (Å²) in [5.41, 5.74) is 0.559. The Morgan fingerprint density at radius 1 is 1.19 bits per heavy atom. The quantitative estimate of drug-likeness (QED) is 0.453. The number of halogens is 2. The largest absolute Gasteiger partial charge is 0.471 e. The Bertz CT molecular complexity index is 1120. The maximum Gasteiger partial charge on any atom is 0.267 e. The normalized spacial score (nSPS) is 10.9. The second-order valence-corrected chi connectivity index (χ2v) is 7.56. The van der Waals surface area contributed by atoms with Gasteiger partial charge in [-0.3, -0.25) is 4.79 Å². The van der Waals surface area contributed by atoms with Crippen molar-refractivity contribution in [2.24, 2.45) is 0 Å². The minimum Gasteiger partial charge on any atom is -0.471 e. The van der Waals surface area contributed by atoms with Crippen molar-refractivity contribution in [2.75, 3.05) is 5.32 Å². The highest BCUT2D eigenvalue weighted by Gasteiger charge is 2.17. The molecule has 2 heterocycles. The topological polar surface area (TPSA) is 56.2 Å². The van der Waals surface area contributed by atoms with Gasteiger partial charge in [0.05, 0.1) is 23.1 Å². The van der Waals surface area contributed by atoms with E-state index in [2.05, 4.69) is 10.4 Å². The molecule has 1 N–H and O–H groups in total. The number of aromatic nitrogens is 2. The lowest BCUT2D eigenvalue weighted by molar-refractivity contribution is 0.103. The van der Waals surface area contributed by atoms with Crippen LogP contribution < -0.4 is 10.1 Å². The summed E-state index contributed by atoms with van der Waals surface area (Å²) in [5.74, 6) is 0.372. The summed E-state index contributed by atoms with van der Waals surface area (Å²) in [6, 6.07) is 14.8. The molecule has 1 amide bonds. The lowest BCUT2D eigenvalue weighted by atomic mass is 10.2. The number of fused-ring (bicyclic) bond motifs is 1. The highest BCUT2D eigenvalue weighted by Crippen LogP contribution is 2.35. The molecule has 5 nitrogen and oxygen atoms in total. The lowest BCUT2D eigenvalue weighted by Gasteiger charge is -2.06. The van der Waals surface area contributed by atoms with Gasteiger partial charge in [-0.15, -0.1) is 11.3 Å². The third kappa shape index (κ3) is 3.93. The van der Waals surface area contributed by atoms with Crippen molar-refractivity contribution < 1.29 is 9.53 Å². The van der Waals surface area contributed by atoms with Crippen LogP contribution in [0.2, 0.25) is 10.0 Å². The van der Waals surface area contributed by atoms with Gasteiger partial charge in [0, 0.05) is 15.1 Å². The van der Waals surface area contributed by atoms with Gasteiger partial charge in [-0.1, -0.05) is 47.5 Å². The summed E-state index contributed by atoms with van der Waals surface area (Å²) in [5, 5.41) is 8.93. The summed E-state index contributed by atoms with van der Waals surface area (Å²) in [6.07, 6.45) is 3.24. The van der Waals surface area contributed by atoms with Crippen molar-refractivity contribution in [1.29, 1.82) is 0 Å². The van der Waals surface area contributed by atoms with Gasteiger partial charge in [-0.2, -0.15) is 5.10 Å². The number of carbonyl (C=O) groups is 1. The van der Waals surface area contributed by atoms with E-state index in [9.17, 15) is 4.79 Å². The monoisotopic (exact) mass is 417 g/mol.